The zero-order chi connectivity index (χ0) is 12.5. The van der Waals surface area contributed by atoms with Crippen LogP contribution in [-0.2, 0) is 0 Å². The van der Waals surface area contributed by atoms with Crippen molar-refractivity contribution in [3.05, 3.63) is 22.4 Å². The van der Waals surface area contributed by atoms with Gasteiger partial charge in [-0.15, -0.1) is 11.3 Å². The molecular weight excluding hydrogens is 228 g/mol. The van der Waals surface area contributed by atoms with Crippen LogP contribution < -0.4 is 5.73 Å². The Hall–Kier alpha value is -0.380. The fraction of sp³-hybridized carbons (Fsp3) is 0.714. The van der Waals surface area contributed by atoms with Crippen molar-refractivity contribution in [1.82, 2.24) is 4.90 Å². The number of nitrogens with two attached hydrogens (primary N) is 1. The minimum Gasteiger partial charge on any atom is -0.329 e. The first kappa shape index (κ1) is 13.1. The third kappa shape index (κ3) is 2.28. The molecule has 0 saturated heterocycles. The van der Waals surface area contributed by atoms with E-state index in [0.717, 1.165) is 18.9 Å². The van der Waals surface area contributed by atoms with E-state index in [9.17, 15) is 0 Å². The lowest BCUT2D eigenvalue weighted by molar-refractivity contribution is 0.0609. The number of likely N-dealkylation sites (N-methyl/N-ethyl adjacent to an activating group) is 1. The third-order valence-electron chi connectivity index (χ3n) is 4.54. The molecule has 0 bridgehead atoms. The lowest BCUT2D eigenvalue weighted by Crippen LogP contribution is -2.54. The summed E-state index contributed by atoms with van der Waals surface area (Å²) in [5, 5.41) is 2.16. The Balaban J connectivity index is 2.18. The van der Waals surface area contributed by atoms with Gasteiger partial charge in [0.05, 0.1) is 0 Å². The third-order valence-corrected chi connectivity index (χ3v) is 5.58. The number of thiophene rings is 1. The SMILES string of the molecule is CCC(CN)(C1CC1)N(C)C(C)c1cccs1. The van der Waals surface area contributed by atoms with Crippen molar-refractivity contribution < 1.29 is 0 Å². The smallest absolute Gasteiger partial charge is 0.0416 e. The molecule has 1 fully saturated rings. The Morgan fingerprint density at radius 1 is 1.59 bits per heavy atom. The summed E-state index contributed by atoms with van der Waals surface area (Å²) in [6, 6.07) is 4.84. The van der Waals surface area contributed by atoms with Gasteiger partial charge in [-0.05, 0) is 50.6 Å². The normalized spacial score (nSPS) is 21.5. The largest absolute Gasteiger partial charge is 0.329 e. The van der Waals surface area contributed by atoms with Crippen molar-refractivity contribution in [2.24, 2.45) is 11.7 Å². The highest BCUT2D eigenvalue weighted by Gasteiger charge is 2.47. The van der Waals surface area contributed by atoms with E-state index in [1.807, 2.05) is 11.3 Å². The van der Waals surface area contributed by atoms with Gasteiger partial charge in [0.15, 0.2) is 0 Å². The second-order valence-corrected chi connectivity index (χ2v) is 6.22. The lowest BCUT2D eigenvalue weighted by atomic mass is 9.87. The topological polar surface area (TPSA) is 29.3 Å². The van der Waals surface area contributed by atoms with Crippen molar-refractivity contribution in [3.63, 3.8) is 0 Å². The van der Waals surface area contributed by atoms with Gasteiger partial charge in [-0.25, -0.2) is 0 Å². The molecule has 1 aromatic heterocycles. The van der Waals surface area contributed by atoms with E-state index in [-0.39, 0.29) is 5.54 Å². The summed E-state index contributed by atoms with van der Waals surface area (Å²) < 4.78 is 0. The Morgan fingerprint density at radius 3 is 2.71 bits per heavy atom. The van der Waals surface area contributed by atoms with E-state index in [4.69, 9.17) is 5.73 Å². The molecule has 2 N–H and O–H groups in total. The molecule has 0 amide bonds. The molecule has 1 saturated carbocycles. The highest BCUT2D eigenvalue weighted by Crippen LogP contribution is 2.46. The summed E-state index contributed by atoms with van der Waals surface area (Å²) in [6.45, 7) is 5.36. The molecule has 1 aliphatic rings. The van der Waals surface area contributed by atoms with Crippen LogP contribution in [0.5, 0.6) is 0 Å². The van der Waals surface area contributed by atoms with Crippen molar-refractivity contribution in [1.29, 1.82) is 0 Å². The molecule has 1 aromatic rings. The first-order valence-electron chi connectivity index (χ1n) is 6.62. The standard InChI is InChI=1S/C14H24N2S/c1-4-14(10-15,12-7-8-12)16(3)11(2)13-6-5-9-17-13/h5-6,9,11-12H,4,7-8,10,15H2,1-3H3. The molecule has 2 atom stereocenters. The van der Waals surface area contributed by atoms with Crippen LogP contribution >= 0.6 is 11.3 Å². The maximum atomic E-state index is 6.11. The summed E-state index contributed by atoms with van der Waals surface area (Å²) in [5.74, 6) is 0.810. The fourth-order valence-corrected chi connectivity index (χ4v) is 3.83. The van der Waals surface area contributed by atoms with Crippen LogP contribution in [0.4, 0.5) is 0 Å². The number of hydrogen-bond acceptors (Lipinski definition) is 3. The van der Waals surface area contributed by atoms with Crippen molar-refractivity contribution in [2.45, 2.75) is 44.7 Å². The second-order valence-electron chi connectivity index (χ2n) is 5.24. The zero-order valence-electron chi connectivity index (χ0n) is 11.1. The Kier molecular flexibility index (Phi) is 3.91. The van der Waals surface area contributed by atoms with Crippen LogP contribution in [0, 0.1) is 5.92 Å². The van der Waals surface area contributed by atoms with E-state index in [0.29, 0.717) is 6.04 Å². The van der Waals surface area contributed by atoms with E-state index in [1.54, 1.807) is 0 Å². The molecule has 0 radical (unpaired) electrons. The minimum absolute atomic E-state index is 0.212. The highest BCUT2D eigenvalue weighted by molar-refractivity contribution is 7.10. The van der Waals surface area contributed by atoms with Gasteiger partial charge >= 0.3 is 0 Å². The first-order chi connectivity index (χ1) is 8.15. The molecule has 96 valence electrons. The van der Waals surface area contributed by atoms with Gasteiger partial charge < -0.3 is 5.73 Å². The average Bonchev–Trinajstić information content (AvgIpc) is 3.06. The maximum absolute atomic E-state index is 6.11. The summed E-state index contributed by atoms with van der Waals surface area (Å²) in [6.07, 6.45) is 3.86. The molecule has 17 heavy (non-hydrogen) atoms. The molecule has 2 rings (SSSR count). The Morgan fingerprint density at radius 2 is 2.29 bits per heavy atom. The summed E-state index contributed by atoms with van der Waals surface area (Å²) in [7, 11) is 2.25. The van der Waals surface area contributed by atoms with Gasteiger partial charge in [0, 0.05) is 23.0 Å². The van der Waals surface area contributed by atoms with Crippen molar-refractivity contribution >= 4 is 11.3 Å². The summed E-state index contributed by atoms with van der Waals surface area (Å²) in [5.41, 5.74) is 6.32. The molecular formula is C14H24N2S. The van der Waals surface area contributed by atoms with Gasteiger partial charge in [-0.3, -0.25) is 4.90 Å². The molecule has 0 aliphatic heterocycles. The summed E-state index contributed by atoms with van der Waals surface area (Å²) >= 11 is 1.85. The highest BCUT2D eigenvalue weighted by atomic mass is 32.1. The van der Waals surface area contributed by atoms with Gasteiger partial charge in [0.2, 0.25) is 0 Å². The molecule has 0 spiro atoms. The lowest BCUT2D eigenvalue weighted by Gasteiger charge is -2.44. The molecule has 1 aliphatic carbocycles. The average molecular weight is 252 g/mol. The zero-order valence-corrected chi connectivity index (χ0v) is 12.0. The van der Waals surface area contributed by atoms with Gasteiger partial charge in [-0.2, -0.15) is 0 Å². The van der Waals surface area contributed by atoms with E-state index in [2.05, 4.69) is 43.3 Å². The van der Waals surface area contributed by atoms with Crippen molar-refractivity contribution in [2.75, 3.05) is 13.6 Å². The van der Waals surface area contributed by atoms with E-state index >= 15 is 0 Å². The van der Waals surface area contributed by atoms with Gasteiger partial charge in [0.25, 0.3) is 0 Å². The van der Waals surface area contributed by atoms with Crippen LogP contribution in [0.3, 0.4) is 0 Å². The molecule has 1 heterocycles. The van der Waals surface area contributed by atoms with E-state index in [1.165, 1.54) is 17.7 Å². The van der Waals surface area contributed by atoms with Gasteiger partial charge in [0.1, 0.15) is 0 Å². The fourth-order valence-electron chi connectivity index (χ4n) is 3.01. The van der Waals surface area contributed by atoms with Crippen LogP contribution in [0.2, 0.25) is 0 Å². The van der Waals surface area contributed by atoms with Crippen LogP contribution in [0.25, 0.3) is 0 Å². The first-order valence-corrected chi connectivity index (χ1v) is 7.50. The van der Waals surface area contributed by atoms with Crippen LogP contribution in [0.1, 0.15) is 44.0 Å². The van der Waals surface area contributed by atoms with Crippen molar-refractivity contribution in [3.8, 4) is 0 Å². The molecule has 2 nitrogen and oxygen atoms in total. The van der Waals surface area contributed by atoms with E-state index < -0.39 is 0 Å². The number of nitrogens with zero attached hydrogens (tertiary/aromatic N) is 1. The quantitative estimate of drug-likeness (QED) is 0.842. The second kappa shape index (κ2) is 5.09. The molecule has 3 heteroatoms. The molecule has 2 unspecified atom stereocenters. The Labute approximate surface area is 109 Å². The van der Waals surface area contributed by atoms with Crippen LogP contribution in [0.15, 0.2) is 17.5 Å². The molecule has 0 aromatic carbocycles. The number of hydrogen-bond donors (Lipinski definition) is 1. The predicted octanol–water partition coefficient (Wildman–Crippen LogP) is 3.26. The predicted molar refractivity (Wildman–Crippen MR) is 75.3 cm³/mol. The monoisotopic (exact) mass is 252 g/mol. The minimum atomic E-state index is 0.212. The van der Waals surface area contributed by atoms with Gasteiger partial charge in [-0.1, -0.05) is 13.0 Å². The summed E-state index contributed by atoms with van der Waals surface area (Å²) in [4.78, 5) is 3.97. The number of rotatable bonds is 6. The maximum Gasteiger partial charge on any atom is 0.0416 e. The Bertz CT molecular complexity index is 339. The van der Waals surface area contributed by atoms with Crippen LogP contribution in [-0.4, -0.2) is 24.0 Å².